The van der Waals surface area contributed by atoms with E-state index in [9.17, 15) is 14.4 Å². The second kappa shape index (κ2) is 6.70. The highest BCUT2D eigenvalue weighted by Crippen LogP contribution is 2.66. The maximum absolute atomic E-state index is 12.0. The van der Waals surface area contributed by atoms with Gasteiger partial charge in [0.15, 0.2) is 5.78 Å². The highest BCUT2D eigenvalue weighted by molar-refractivity contribution is 5.91. The summed E-state index contributed by atoms with van der Waals surface area (Å²) < 4.78 is 11.7. The van der Waals surface area contributed by atoms with Crippen molar-refractivity contribution >= 4 is 17.7 Å². The largest absolute Gasteiger partial charge is 0.462 e. The van der Waals surface area contributed by atoms with Gasteiger partial charge in [0.05, 0.1) is 0 Å². The lowest BCUT2D eigenvalue weighted by atomic mass is 9.46. The molecule has 5 nitrogen and oxygen atoms in total. The van der Waals surface area contributed by atoms with Gasteiger partial charge >= 0.3 is 11.9 Å². The van der Waals surface area contributed by atoms with Crippen LogP contribution in [0.2, 0.25) is 0 Å². The van der Waals surface area contributed by atoms with Crippen LogP contribution in [0.15, 0.2) is 11.6 Å². The first-order valence-corrected chi connectivity index (χ1v) is 10.7. The SMILES string of the molecule is CC(=O)OC1CC2(C)C(OC(C)=O)CCC2C2CCC3=CC(=O)CCC3(C)C12. The minimum atomic E-state index is -0.251. The zero-order valence-corrected chi connectivity index (χ0v) is 17.5. The molecule has 0 heterocycles. The number of hydrogen-bond donors (Lipinski definition) is 0. The number of hydrogen-bond acceptors (Lipinski definition) is 5. The van der Waals surface area contributed by atoms with Crippen molar-refractivity contribution in [3.63, 3.8) is 0 Å². The second-order valence-corrected chi connectivity index (χ2v) is 9.92. The van der Waals surface area contributed by atoms with Crippen LogP contribution in [0.25, 0.3) is 0 Å². The summed E-state index contributed by atoms with van der Waals surface area (Å²) in [5.41, 5.74) is 1.01. The molecule has 4 rings (SSSR count). The van der Waals surface area contributed by atoms with E-state index >= 15 is 0 Å². The lowest BCUT2D eigenvalue weighted by Crippen LogP contribution is -2.58. The molecule has 7 unspecified atom stereocenters. The number of carbonyl (C=O) groups is 3. The Bertz CT molecular complexity index is 739. The molecule has 28 heavy (non-hydrogen) atoms. The summed E-state index contributed by atoms with van der Waals surface area (Å²) in [6.07, 6.45) is 7.62. The number of esters is 2. The monoisotopic (exact) mass is 388 g/mol. The van der Waals surface area contributed by atoms with Crippen molar-refractivity contribution in [2.75, 3.05) is 0 Å². The summed E-state index contributed by atoms with van der Waals surface area (Å²) in [7, 11) is 0. The first-order valence-electron chi connectivity index (χ1n) is 10.7. The zero-order chi connectivity index (χ0) is 20.3. The van der Waals surface area contributed by atoms with Gasteiger partial charge in [0.2, 0.25) is 0 Å². The smallest absolute Gasteiger partial charge is 0.302 e. The molecule has 0 bridgehead atoms. The van der Waals surface area contributed by atoms with Gasteiger partial charge in [0, 0.05) is 31.6 Å². The van der Waals surface area contributed by atoms with Crippen LogP contribution in [0.3, 0.4) is 0 Å². The fourth-order valence-electron chi connectivity index (χ4n) is 7.32. The van der Waals surface area contributed by atoms with E-state index < -0.39 is 0 Å². The lowest BCUT2D eigenvalue weighted by molar-refractivity contribution is -0.185. The van der Waals surface area contributed by atoms with Crippen LogP contribution in [-0.2, 0) is 23.9 Å². The molecule has 3 saturated carbocycles. The zero-order valence-electron chi connectivity index (χ0n) is 17.5. The van der Waals surface area contributed by atoms with Gasteiger partial charge in [-0.1, -0.05) is 19.4 Å². The van der Waals surface area contributed by atoms with Gasteiger partial charge in [-0.15, -0.1) is 0 Å². The maximum Gasteiger partial charge on any atom is 0.302 e. The molecular weight excluding hydrogens is 356 g/mol. The third kappa shape index (κ3) is 2.93. The Morgan fingerprint density at radius 2 is 1.75 bits per heavy atom. The lowest BCUT2D eigenvalue weighted by Gasteiger charge is -2.59. The quantitative estimate of drug-likeness (QED) is 0.669. The summed E-state index contributed by atoms with van der Waals surface area (Å²) >= 11 is 0. The van der Waals surface area contributed by atoms with E-state index in [4.69, 9.17) is 9.47 Å². The van der Waals surface area contributed by atoms with Gasteiger partial charge < -0.3 is 9.47 Å². The molecule has 0 amide bonds. The molecule has 0 N–H and O–H groups in total. The van der Waals surface area contributed by atoms with E-state index in [0.717, 1.165) is 38.5 Å². The Hall–Kier alpha value is -1.65. The summed E-state index contributed by atoms with van der Waals surface area (Å²) in [5, 5.41) is 0. The van der Waals surface area contributed by atoms with Gasteiger partial charge in [-0.25, -0.2) is 0 Å². The summed E-state index contributed by atoms with van der Waals surface area (Å²) in [6.45, 7) is 7.46. The van der Waals surface area contributed by atoms with E-state index in [-0.39, 0.29) is 46.7 Å². The molecule has 0 spiro atoms. The second-order valence-electron chi connectivity index (χ2n) is 9.92. The van der Waals surface area contributed by atoms with Crippen LogP contribution in [0, 0.1) is 28.6 Å². The van der Waals surface area contributed by atoms with Crippen LogP contribution in [-0.4, -0.2) is 29.9 Å². The van der Waals surface area contributed by atoms with Crippen LogP contribution < -0.4 is 0 Å². The number of allylic oxidation sites excluding steroid dienone is 1. The minimum absolute atomic E-state index is 0.0855. The third-order valence-corrected chi connectivity index (χ3v) is 8.41. The number of ketones is 1. The highest BCUT2D eigenvalue weighted by Gasteiger charge is 2.63. The van der Waals surface area contributed by atoms with Crippen molar-refractivity contribution < 1.29 is 23.9 Å². The molecule has 0 aromatic carbocycles. The van der Waals surface area contributed by atoms with Gasteiger partial charge in [-0.05, 0) is 61.9 Å². The summed E-state index contributed by atoms with van der Waals surface area (Å²) in [6, 6.07) is 0. The average molecular weight is 389 g/mol. The van der Waals surface area contributed by atoms with E-state index in [1.165, 1.54) is 19.4 Å². The van der Waals surface area contributed by atoms with Crippen molar-refractivity contribution in [2.45, 2.75) is 84.8 Å². The molecule has 154 valence electrons. The van der Waals surface area contributed by atoms with Gasteiger partial charge in [-0.3, -0.25) is 14.4 Å². The Morgan fingerprint density at radius 1 is 1.04 bits per heavy atom. The predicted molar refractivity (Wildman–Crippen MR) is 103 cm³/mol. The van der Waals surface area contributed by atoms with Crippen molar-refractivity contribution in [1.82, 2.24) is 0 Å². The Kier molecular flexibility index (Phi) is 4.71. The maximum atomic E-state index is 12.0. The molecule has 0 radical (unpaired) electrons. The first kappa shape index (κ1) is 19.7. The van der Waals surface area contributed by atoms with Crippen molar-refractivity contribution in [3.8, 4) is 0 Å². The van der Waals surface area contributed by atoms with Crippen LogP contribution in [0.4, 0.5) is 0 Å². The number of rotatable bonds is 2. The standard InChI is InChI=1S/C23H32O5/c1-13(24)27-19-12-23(4)18(7-8-20(23)28-14(2)25)17-6-5-15-11-16(26)9-10-22(15,3)21(17)19/h11,17-21H,5-10,12H2,1-4H3. The molecule has 0 saturated heterocycles. The Balaban J connectivity index is 1.73. The first-order chi connectivity index (χ1) is 13.1. The Morgan fingerprint density at radius 3 is 2.43 bits per heavy atom. The van der Waals surface area contributed by atoms with Gasteiger partial charge in [0.25, 0.3) is 0 Å². The molecule has 0 aromatic rings. The topological polar surface area (TPSA) is 69.7 Å². The molecule has 3 fully saturated rings. The van der Waals surface area contributed by atoms with E-state index in [2.05, 4.69) is 13.8 Å². The minimum Gasteiger partial charge on any atom is -0.462 e. The van der Waals surface area contributed by atoms with Crippen LogP contribution in [0.5, 0.6) is 0 Å². The predicted octanol–water partition coefficient (Wildman–Crippen LogP) is 3.99. The number of ether oxygens (including phenoxy) is 2. The number of carbonyl (C=O) groups excluding carboxylic acids is 3. The molecule has 4 aliphatic rings. The van der Waals surface area contributed by atoms with E-state index in [1.54, 1.807) is 0 Å². The Labute approximate surface area is 167 Å². The average Bonchev–Trinajstić information content (AvgIpc) is 2.90. The van der Waals surface area contributed by atoms with Crippen molar-refractivity contribution in [1.29, 1.82) is 0 Å². The highest BCUT2D eigenvalue weighted by atomic mass is 16.6. The van der Waals surface area contributed by atoms with Crippen LogP contribution in [0.1, 0.15) is 72.6 Å². The molecule has 4 aliphatic carbocycles. The summed E-state index contributed by atoms with van der Waals surface area (Å²) in [5.74, 6) is 0.873. The summed E-state index contributed by atoms with van der Waals surface area (Å²) in [4.78, 5) is 35.7. The van der Waals surface area contributed by atoms with E-state index in [0.29, 0.717) is 18.3 Å². The fourth-order valence-corrected chi connectivity index (χ4v) is 7.32. The molecule has 0 aliphatic heterocycles. The van der Waals surface area contributed by atoms with Crippen molar-refractivity contribution in [2.24, 2.45) is 28.6 Å². The van der Waals surface area contributed by atoms with E-state index in [1.807, 2.05) is 6.08 Å². The van der Waals surface area contributed by atoms with Crippen molar-refractivity contribution in [3.05, 3.63) is 11.6 Å². The molecule has 5 heteroatoms. The molecular formula is C23H32O5. The van der Waals surface area contributed by atoms with Crippen LogP contribution >= 0.6 is 0 Å². The fraction of sp³-hybridized carbons (Fsp3) is 0.783. The third-order valence-electron chi connectivity index (χ3n) is 8.41. The molecule has 7 atom stereocenters. The molecule has 0 aromatic heterocycles. The van der Waals surface area contributed by atoms with Gasteiger partial charge in [0.1, 0.15) is 12.2 Å². The van der Waals surface area contributed by atoms with Gasteiger partial charge in [-0.2, -0.15) is 0 Å². The number of fused-ring (bicyclic) bond motifs is 5. The normalized spacial score (nSPS) is 44.6.